The number of ether oxygens (including phenoxy) is 3. The van der Waals surface area contributed by atoms with E-state index < -0.39 is 0 Å². The van der Waals surface area contributed by atoms with E-state index in [1.165, 1.54) is 0 Å². The molecule has 0 aliphatic carbocycles. The Kier molecular flexibility index (Phi) is 5.87. The van der Waals surface area contributed by atoms with Crippen molar-refractivity contribution in [2.75, 3.05) is 20.8 Å². The minimum atomic E-state index is 0.0983. The van der Waals surface area contributed by atoms with Crippen LogP contribution in [0.15, 0.2) is 17.2 Å². The second-order valence-electron chi connectivity index (χ2n) is 3.42. The highest BCUT2D eigenvalue weighted by molar-refractivity contribution is 7.80. The van der Waals surface area contributed by atoms with Crippen molar-refractivity contribution in [3.63, 3.8) is 0 Å². The molecule has 104 valence electrons. The van der Waals surface area contributed by atoms with Crippen molar-refractivity contribution >= 4 is 23.5 Å². The van der Waals surface area contributed by atoms with Gasteiger partial charge in [0.2, 0.25) is 5.75 Å². The molecule has 0 heterocycles. The fourth-order valence-electron chi connectivity index (χ4n) is 1.43. The molecule has 0 spiro atoms. The van der Waals surface area contributed by atoms with Gasteiger partial charge in [-0.25, -0.2) is 0 Å². The third-order valence-electron chi connectivity index (χ3n) is 2.16. The van der Waals surface area contributed by atoms with E-state index in [1.54, 1.807) is 32.6 Å². The van der Waals surface area contributed by atoms with E-state index in [9.17, 15) is 0 Å². The van der Waals surface area contributed by atoms with Gasteiger partial charge in [0.25, 0.3) is 0 Å². The first-order valence-electron chi connectivity index (χ1n) is 5.59. The highest BCUT2D eigenvalue weighted by Crippen LogP contribution is 2.38. The van der Waals surface area contributed by atoms with Crippen molar-refractivity contribution in [1.29, 1.82) is 0 Å². The van der Waals surface area contributed by atoms with Crippen molar-refractivity contribution in [2.45, 2.75) is 6.92 Å². The number of benzene rings is 1. The second-order valence-corrected chi connectivity index (χ2v) is 3.86. The summed E-state index contributed by atoms with van der Waals surface area (Å²) in [5, 5.41) is 3.97. The molecular formula is C12H17N3O3S. The fraction of sp³-hybridized carbons (Fsp3) is 0.333. The molecular weight excluding hydrogens is 266 g/mol. The summed E-state index contributed by atoms with van der Waals surface area (Å²) in [5.74, 6) is 1.70. The smallest absolute Gasteiger partial charge is 0.203 e. The molecule has 0 saturated heterocycles. The first-order valence-corrected chi connectivity index (χ1v) is 6.00. The van der Waals surface area contributed by atoms with Crippen LogP contribution >= 0.6 is 12.2 Å². The number of hydrogen-bond donors (Lipinski definition) is 2. The number of nitrogens with one attached hydrogen (secondary N) is 1. The Morgan fingerprint density at radius 3 is 2.37 bits per heavy atom. The Morgan fingerprint density at radius 2 is 1.95 bits per heavy atom. The summed E-state index contributed by atoms with van der Waals surface area (Å²) in [7, 11) is 3.12. The molecule has 0 unspecified atom stereocenters. The topological polar surface area (TPSA) is 78.1 Å². The largest absolute Gasteiger partial charge is 0.493 e. The summed E-state index contributed by atoms with van der Waals surface area (Å²) in [6.45, 7) is 2.41. The van der Waals surface area contributed by atoms with E-state index in [0.29, 0.717) is 23.9 Å². The number of thiocarbonyl (C=S) groups is 1. The van der Waals surface area contributed by atoms with Gasteiger partial charge in [0.1, 0.15) is 0 Å². The Hall–Kier alpha value is -2.02. The first kappa shape index (κ1) is 15.0. The molecule has 0 saturated carbocycles. The molecule has 1 rings (SSSR count). The molecule has 19 heavy (non-hydrogen) atoms. The highest BCUT2D eigenvalue weighted by Gasteiger charge is 2.12. The molecule has 1 aromatic rings. The minimum absolute atomic E-state index is 0.0983. The lowest BCUT2D eigenvalue weighted by Gasteiger charge is -2.14. The maximum atomic E-state index is 5.50. The van der Waals surface area contributed by atoms with Crippen molar-refractivity contribution in [3.8, 4) is 17.2 Å². The zero-order valence-electron chi connectivity index (χ0n) is 11.1. The normalized spacial score (nSPS) is 10.3. The van der Waals surface area contributed by atoms with E-state index in [4.69, 9.17) is 19.9 Å². The Labute approximate surface area is 117 Å². The van der Waals surface area contributed by atoms with E-state index in [1.807, 2.05) is 6.92 Å². The Bertz CT molecular complexity index is 452. The van der Waals surface area contributed by atoms with Crippen LogP contribution in [0.3, 0.4) is 0 Å². The van der Waals surface area contributed by atoms with E-state index in [0.717, 1.165) is 5.56 Å². The number of methoxy groups -OCH3 is 2. The van der Waals surface area contributed by atoms with Crippen LogP contribution in [0, 0.1) is 0 Å². The van der Waals surface area contributed by atoms with Crippen LogP contribution in [-0.2, 0) is 0 Å². The fourth-order valence-corrected chi connectivity index (χ4v) is 1.48. The molecule has 0 aliphatic heterocycles. The maximum absolute atomic E-state index is 5.50. The van der Waals surface area contributed by atoms with Gasteiger partial charge in [-0.2, -0.15) is 5.10 Å². The van der Waals surface area contributed by atoms with Crippen molar-refractivity contribution in [2.24, 2.45) is 10.8 Å². The second kappa shape index (κ2) is 7.42. The van der Waals surface area contributed by atoms with Gasteiger partial charge in [-0.15, -0.1) is 0 Å². The molecule has 0 radical (unpaired) electrons. The Balaban J connectivity index is 3.08. The van der Waals surface area contributed by atoms with Gasteiger partial charge in [-0.3, -0.25) is 5.43 Å². The van der Waals surface area contributed by atoms with Crippen LogP contribution in [0.1, 0.15) is 12.5 Å². The highest BCUT2D eigenvalue weighted by atomic mass is 32.1. The third-order valence-corrected chi connectivity index (χ3v) is 2.25. The Morgan fingerprint density at radius 1 is 1.37 bits per heavy atom. The monoisotopic (exact) mass is 283 g/mol. The molecule has 0 aliphatic rings. The van der Waals surface area contributed by atoms with Crippen LogP contribution in [0.2, 0.25) is 0 Å². The number of hydrazone groups is 1. The first-order chi connectivity index (χ1) is 9.12. The van der Waals surface area contributed by atoms with Crippen molar-refractivity contribution in [1.82, 2.24) is 5.43 Å². The molecule has 0 bridgehead atoms. The van der Waals surface area contributed by atoms with Crippen LogP contribution in [0.5, 0.6) is 17.2 Å². The minimum Gasteiger partial charge on any atom is -0.493 e. The molecule has 3 N–H and O–H groups in total. The lowest BCUT2D eigenvalue weighted by Crippen LogP contribution is -2.23. The summed E-state index contributed by atoms with van der Waals surface area (Å²) in [6.07, 6.45) is 1.56. The van der Waals surface area contributed by atoms with Crippen LogP contribution in [-0.4, -0.2) is 32.2 Å². The molecule has 0 fully saturated rings. The van der Waals surface area contributed by atoms with Gasteiger partial charge in [-0.05, 0) is 31.3 Å². The lowest BCUT2D eigenvalue weighted by molar-refractivity contribution is 0.288. The van der Waals surface area contributed by atoms with Gasteiger partial charge in [-0.1, -0.05) is 0 Å². The molecule has 0 atom stereocenters. The average Bonchev–Trinajstić information content (AvgIpc) is 2.39. The van der Waals surface area contributed by atoms with E-state index >= 15 is 0 Å². The summed E-state index contributed by atoms with van der Waals surface area (Å²) in [5.41, 5.74) is 8.51. The number of nitrogens with two attached hydrogens (primary N) is 1. The molecule has 0 amide bonds. The van der Waals surface area contributed by atoms with E-state index in [-0.39, 0.29) is 5.11 Å². The standard InChI is InChI=1S/C12H17N3O3S/c1-4-18-11-9(16-2)5-8(6-10(11)17-3)7-14-15-12(13)19/h5-7H,4H2,1-3H3,(H3,13,15,19)/b14-7+. The van der Waals surface area contributed by atoms with Crippen LogP contribution in [0.4, 0.5) is 0 Å². The third kappa shape index (κ3) is 4.29. The number of rotatable bonds is 6. The molecule has 7 heteroatoms. The quantitative estimate of drug-likeness (QED) is 0.465. The van der Waals surface area contributed by atoms with E-state index in [2.05, 4.69) is 22.7 Å². The summed E-state index contributed by atoms with van der Waals surface area (Å²) in [4.78, 5) is 0. The number of nitrogens with zero attached hydrogens (tertiary/aromatic N) is 1. The van der Waals surface area contributed by atoms with Gasteiger partial charge < -0.3 is 19.9 Å². The average molecular weight is 283 g/mol. The van der Waals surface area contributed by atoms with Gasteiger partial charge in [0, 0.05) is 5.56 Å². The van der Waals surface area contributed by atoms with Gasteiger partial charge >= 0.3 is 0 Å². The molecule has 1 aromatic carbocycles. The zero-order chi connectivity index (χ0) is 14.3. The zero-order valence-corrected chi connectivity index (χ0v) is 11.9. The molecule has 0 aromatic heterocycles. The maximum Gasteiger partial charge on any atom is 0.203 e. The predicted molar refractivity (Wildman–Crippen MR) is 78.2 cm³/mol. The van der Waals surface area contributed by atoms with Crippen molar-refractivity contribution in [3.05, 3.63) is 17.7 Å². The summed E-state index contributed by atoms with van der Waals surface area (Å²) >= 11 is 4.65. The molecule has 6 nitrogen and oxygen atoms in total. The van der Waals surface area contributed by atoms with Gasteiger partial charge in [0.15, 0.2) is 16.6 Å². The SMILES string of the molecule is CCOc1c(OC)cc(/C=N/NC(N)=S)cc1OC. The van der Waals surface area contributed by atoms with Crippen molar-refractivity contribution < 1.29 is 14.2 Å². The van der Waals surface area contributed by atoms with Crippen LogP contribution < -0.4 is 25.4 Å². The van der Waals surface area contributed by atoms with Gasteiger partial charge in [0.05, 0.1) is 27.0 Å². The summed E-state index contributed by atoms with van der Waals surface area (Å²) in [6, 6.07) is 3.55. The predicted octanol–water partition coefficient (Wildman–Crippen LogP) is 1.27. The number of hydrogen-bond acceptors (Lipinski definition) is 5. The van der Waals surface area contributed by atoms with Crippen LogP contribution in [0.25, 0.3) is 0 Å². The summed E-state index contributed by atoms with van der Waals surface area (Å²) < 4.78 is 16.0. The lowest BCUT2D eigenvalue weighted by atomic mass is 10.2.